The molecule has 0 radical (unpaired) electrons. The van der Waals surface area contributed by atoms with E-state index in [9.17, 15) is 0 Å². The Balaban J connectivity index is -0.000000853. The highest BCUT2D eigenvalue weighted by atomic mass is 31.2. The standard InChI is InChI=1S/C24H50O.2H3O4P/c1-3-5-7-9-11-13-15-17-19-21-23-25-24-22-20-18-16-14-12-10-8-6-4-2;2*1-5(2,3)4/h3-24H2,1-2H3;2*(H3,1,2,3,4). The molecule has 0 amide bonds. The van der Waals surface area contributed by atoms with E-state index in [0.717, 1.165) is 13.2 Å². The molecule has 0 saturated carbocycles. The summed E-state index contributed by atoms with van der Waals surface area (Å²) in [6.07, 6.45) is 28.2. The zero-order valence-corrected chi connectivity index (χ0v) is 24.1. The molecule has 216 valence electrons. The molecule has 11 heteroatoms. The van der Waals surface area contributed by atoms with Crippen LogP contribution in [-0.4, -0.2) is 42.6 Å². The summed E-state index contributed by atoms with van der Waals surface area (Å²) in [5.74, 6) is 0. The van der Waals surface area contributed by atoms with Crippen molar-refractivity contribution >= 4 is 15.6 Å². The minimum atomic E-state index is -4.64. The summed E-state index contributed by atoms with van der Waals surface area (Å²) < 4.78 is 23.5. The van der Waals surface area contributed by atoms with E-state index in [1.165, 1.54) is 128 Å². The molecule has 0 heterocycles. The molecule has 0 aromatic heterocycles. The van der Waals surface area contributed by atoms with Crippen LogP contribution in [0.3, 0.4) is 0 Å². The van der Waals surface area contributed by atoms with Gasteiger partial charge in [-0.2, -0.15) is 0 Å². The first kappa shape index (κ1) is 39.7. The molecule has 0 aliphatic carbocycles. The zero-order valence-electron chi connectivity index (χ0n) is 22.4. The molecule has 0 rings (SSSR count). The van der Waals surface area contributed by atoms with Gasteiger partial charge in [-0.1, -0.05) is 129 Å². The number of ether oxygens (including phenoxy) is 1. The van der Waals surface area contributed by atoms with Crippen molar-refractivity contribution in [3.05, 3.63) is 0 Å². The fourth-order valence-corrected chi connectivity index (χ4v) is 3.49. The van der Waals surface area contributed by atoms with Gasteiger partial charge in [0, 0.05) is 13.2 Å². The van der Waals surface area contributed by atoms with Gasteiger partial charge >= 0.3 is 15.6 Å². The van der Waals surface area contributed by atoms with Crippen LogP contribution in [-0.2, 0) is 13.9 Å². The number of rotatable bonds is 22. The van der Waals surface area contributed by atoms with Gasteiger partial charge in [-0.3, -0.25) is 0 Å². The molecule has 0 aliphatic heterocycles. The van der Waals surface area contributed by atoms with Crippen molar-refractivity contribution < 1.29 is 43.2 Å². The Morgan fingerprint density at radius 3 is 0.771 bits per heavy atom. The second kappa shape index (κ2) is 30.4. The van der Waals surface area contributed by atoms with Gasteiger partial charge < -0.3 is 34.1 Å². The third-order valence-corrected chi connectivity index (χ3v) is 5.28. The van der Waals surface area contributed by atoms with Gasteiger partial charge in [0.1, 0.15) is 0 Å². The van der Waals surface area contributed by atoms with E-state index in [4.69, 9.17) is 43.2 Å². The summed E-state index contributed by atoms with van der Waals surface area (Å²) in [6.45, 7) is 6.57. The van der Waals surface area contributed by atoms with Crippen LogP contribution in [0, 0.1) is 0 Å². The molecule has 0 atom stereocenters. The number of phosphoric acid groups is 2. The van der Waals surface area contributed by atoms with Crippen LogP contribution in [0.4, 0.5) is 0 Å². The normalized spacial score (nSPS) is 11.4. The van der Waals surface area contributed by atoms with Gasteiger partial charge in [0.05, 0.1) is 0 Å². The van der Waals surface area contributed by atoms with E-state index in [-0.39, 0.29) is 0 Å². The predicted octanol–water partition coefficient (Wildman–Crippen LogP) is 6.99. The lowest BCUT2D eigenvalue weighted by atomic mass is 10.1. The molecule has 6 N–H and O–H groups in total. The minimum absolute atomic E-state index is 0.994. The molecule has 0 bridgehead atoms. The molecule has 0 saturated heterocycles. The summed E-state index contributed by atoms with van der Waals surface area (Å²) in [7, 11) is -9.28. The molecular formula is C24H56O9P2. The second-order valence-corrected chi connectivity index (χ2v) is 11.1. The lowest BCUT2D eigenvalue weighted by Crippen LogP contribution is -1.97. The smallest absolute Gasteiger partial charge is 0.381 e. The first-order valence-corrected chi connectivity index (χ1v) is 16.7. The average Bonchev–Trinajstić information content (AvgIpc) is 2.72. The summed E-state index contributed by atoms with van der Waals surface area (Å²) in [6, 6.07) is 0. The molecule has 35 heavy (non-hydrogen) atoms. The van der Waals surface area contributed by atoms with Crippen molar-refractivity contribution in [2.24, 2.45) is 0 Å². The van der Waals surface area contributed by atoms with Crippen LogP contribution in [0.5, 0.6) is 0 Å². The van der Waals surface area contributed by atoms with Crippen molar-refractivity contribution in [1.29, 1.82) is 0 Å². The van der Waals surface area contributed by atoms with Crippen LogP contribution < -0.4 is 0 Å². The highest BCUT2D eigenvalue weighted by Crippen LogP contribution is 2.26. The highest BCUT2D eigenvalue weighted by Gasteiger charge is 2.00. The van der Waals surface area contributed by atoms with Gasteiger partial charge in [-0.25, -0.2) is 9.13 Å². The Morgan fingerprint density at radius 1 is 0.400 bits per heavy atom. The van der Waals surface area contributed by atoms with Crippen molar-refractivity contribution in [3.63, 3.8) is 0 Å². The Kier molecular flexibility index (Phi) is 34.5. The van der Waals surface area contributed by atoms with E-state index in [1.54, 1.807) is 0 Å². The van der Waals surface area contributed by atoms with Gasteiger partial charge in [-0.05, 0) is 12.8 Å². The van der Waals surface area contributed by atoms with Crippen LogP contribution in [0.15, 0.2) is 0 Å². The van der Waals surface area contributed by atoms with E-state index in [1.807, 2.05) is 0 Å². The predicted molar refractivity (Wildman–Crippen MR) is 143 cm³/mol. The molecule has 0 fully saturated rings. The largest absolute Gasteiger partial charge is 0.466 e. The maximum Gasteiger partial charge on any atom is 0.466 e. The molecule has 0 aromatic carbocycles. The molecule has 0 spiro atoms. The molecule has 0 aliphatic rings. The van der Waals surface area contributed by atoms with Crippen LogP contribution in [0.2, 0.25) is 0 Å². The van der Waals surface area contributed by atoms with Crippen molar-refractivity contribution in [1.82, 2.24) is 0 Å². The quantitative estimate of drug-likeness (QED) is 0.0615. The number of hydrogen-bond acceptors (Lipinski definition) is 3. The summed E-state index contributed by atoms with van der Waals surface area (Å²) in [5.41, 5.74) is 0. The van der Waals surface area contributed by atoms with Crippen LogP contribution >= 0.6 is 15.6 Å². The molecule has 0 aromatic rings. The Hall–Kier alpha value is 0.180. The third kappa shape index (κ3) is 71.9. The van der Waals surface area contributed by atoms with Crippen LogP contribution in [0.1, 0.15) is 142 Å². The average molecular weight is 551 g/mol. The number of hydrogen-bond donors (Lipinski definition) is 6. The molecule has 9 nitrogen and oxygen atoms in total. The minimum Gasteiger partial charge on any atom is -0.381 e. The molecule has 0 unspecified atom stereocenters. The van der Waals surface area contributed by atoms with E-state index >= 15 is 0 Å². The Labute approximate surface area is 214 Å². The van der Waals surface area contributed by atoms with E-state index in [2.05, 4.69) is 13.8 Å². The fraction of sp³-hybridized carbons (Fsp3) is 1.00. The SMILES string of the molecule is CCCCCCCCCCCCOCCCCCCCCCCCC.O=P(O)(O)O.O=P(O)(O)O. The highest BCUT2D eigenvalue weighted by molar-refractivity contribution is 7.45. The monoisotopic (exact) mass is 550 g/mol. The maximum absolute atomic E-state index is 8.88. The van der Waals surface area contributed by atoms with E-state index in [0.29, 0.717) is 0 Å². The lowest BCUT2D eigenvalue weighted by molar-refractivity contribution is 0.125. The van der Waals surface area contributed by atoms with Crippen LogP contribution in [0.25, 0.3) is 0 Å². The number of unbranched alkanes of at least 4 members (excludes halogenated alkanes) is 18. The van der Waals surface area contributed by atoms with Gasteiger partial charge in [-0.15, -0.1) is 0 Å². The summed E-state index contributed by atoms with van der Waals surface area (Å²) >= 11 is 0. The topological polar surface area (TPSA) is 165 Å². The van der Waals surface area contributed by atoms with Gasteiger partial charge in [0.15, 0.2) is 0 Å². The van der Waals surface area contributed by atoms with Crippen molar-refractivity contribution in [2.45, 2.75) is 142 Å². The van der Waals surface area contributed by atoms with Gasteiger partial charge in [0.25, 0.3) is 0 Å². The fourth-order valence-electron chi connectivity index (χ4n) is 3.49. The third-order valence-electron chi connectivity index (χ3n) is 5.28. The second-order valence-electron chi connectivity index (χ2n) is 9.00. The van der Waals surface area contributed by atoms with E-state index < -0.39 is 15.6 Å². The Morgan fingerprint density at radius 2 is 0.571 bits per heavy atom. The first-order chi connectivity index (χ1) is 16.4. The maximum atomic E-state index is 8.88. The van der Waals surface area contributed by atoms with Crippen molar-refractivity contribution in [3.8, 4) is 0 Å². The summed E-state index contributed by atoms with van der Waals surface area (Å²) in [4.78, 5) is 43.1. The zero-order chi connectivity index (χ0) is 27.3. The van der Waals surface area contributed by atoms with Crippen molar-refractivity contribution in [2.75, 3.05) is 13.2 Å². The van der Waals surface area contributed by atoms with Gasteiger partial charge in [0.2, 0.25) is 0 Å². The Bertz CT molecular complexity index is 423. The first-order valence-electron chi connectivity index (χ1n) is 13.6. The molecular weight excluding hydrogens is 494 g/mol. The lowest BCUT2D eigenvalue weighted by Gasteiger charge is -2.05. The summed E-state index contributed by atoms with van der Waals surface area (Å²) in [5, 5.41) is 0.